The van der Waals surface area contributed by atoms with Crippen molar-refractivity contribution in [3.63, 3.8) is 0 Å². The average molecular weight is 231 g/mol. The van der Waals surface area contributed by atoms with Crippen LogP contribution < -0.4 is 11.5 Å². The molecule has 0 radical (unpaired) electrons. The Bertz CT molecular complexity index is 489. The number of nitrogens with two attached hydrogens (primary N) is 2. The van der Waals surface area contributed by atoms with Crippen LogP contribution in [-0.2, 0) is 4.79 Å². The Morgan fingerprint density at radius 1 is 1.35 bits per heavy atom. The third-order valence-electron chi connectivity index (χ3n) is 3.18. The van der Waals surface area contributed by atoms with Crippen molar-refractivity contribution in [2.45, 2.75) is 26.2 Å². The van der Waals surface area contributed by atoms with Crippen molar-refractivity contribution < 1.29 is 4.79 Å². The van der Waals surface area contributed by atoms with Crippen molar-refractivity contribution in [3.8, 4) is 0 Å². The van der Waals surface area contributed by atoms with Gasteiger partial charge in [-0.3, -0.25) is 4.79 Å². The van der Waals surface area contributed by atoms with Gasteiger partial charge in [-0.2, -0.15) is 4.99 Å². The lowest BCUT2D eigenvalue weighted by atomic mass is 10.0. The number of aryl methyl sites for hydroxylation is 2. The molecule has 4 nitrogen and oxygen atoms in total. The average Bonchev–Trinajstić information content (AvgIpc) is 3.00. The molecule has 0 saturated heterocycles. The van der Waals surface area contributed by atoms with Gasteiger partial charge in [0.05, 0.1) is 0 Å². The Labute approximate surface area is 101 Å². The highest BCUT2D eigenvalue weighted by atomic mass is 16.1. The lowest BCUT2D eigenvalue weighted by Gasteiger charge is -2.05. The predicted molar refractivity (Wildman–Crippen MR) is 67.6 cm³/mol. The zero-order chi connectivity index (χ0) is 12.6. The standard InChI is InChI=1S/C13H17N3O/c1-7-3-4-8(2)9(5-7)10-6-11(10)12(17)16-13(14)15/h3-5,10-11H,6H2,1-2H3,(H4,14,15,16,17)/t10-,11+/m1/s1. The van der Waals surface area contributed by atoms with E-state index < -0.39 is 0 Å². The van der Waals surface area contributed by atoms with Gasteiger partial charge in [-0.15, -0.1) is 0 Å². The molecule has 4 heteroatoms. The molecule has 0 spiro atoms. The Balaban J connectivity index is 2.15. The molecule has 2 rings (SSSR count). The third kappa shape index (κ3) is 2.46. The molecule has 17 heavy (non-hydrogen) atoms. The van der Waals surface area contributed by atoms with Crippen LogP contribution >= 0.6 is 0 Å². The van der Waals surface area contributed by atoms with Crippen molar-refractivity contribution >= 4 is 11.9 Å². The first-order chi connectivity index (χ1) is 7.99. The minimum Gasteiger partial charge on any atom is -0.370 e. The van der Waals surface area contributed by atoms with Gasteiger partial charge in [0.25, 0.3) is 5.91 Å². The summed E-state index contributed by atoms with van der Waals surface area (Å²) in [6.07, 6.45) is 0.847. The quantitative estimate of drug-likeness (QED) is 0.593. The summed E-state index contributed by atoms with van der Waals surface area (Å²) in [7, 11) is 0. The normalized spacial score (nSPS) is 22.0. The van der Waals surface area contributed by atoms with Crippen LogP contribution in [0.25, 0.3) is 0 Å². The second kappa shape index (κ2) is 4.20. The van der Waals surface area contributed by atoms with Crippen LogP contribution in [0.4, 0.5) is 0 Å². The zero-order valence-electron chi connectivity index (χ0n) is 10.1. The Morgan fingerprint density at radius 2 is 2.06 bits per heavy atom. The van der Waals surface area contributed by atoms with Crippen molar-refractivity contribution in [2.75, 3.05) is 0 Å². The molecule has 90 valence electrons. The molecular formula is C13H17N3O. The van der Waals surface area contributed by atoms with E-state index in [0.29, 0.717) is 0 Å². The Hall–Kier alpha value is -1.84. The molecule has 0 aliphatic heterocycles. The summed E-state index contributed by atoms with van der Waals surface area (Å²) in [5, 5.41) is 0. The number of nitrogens with zero attached hydrogens (tertiary/aromatic N) is 1. The van der Waals surface area contributed by atoms with Crippen LogP contribution in [-0.4, -0.2) is 11.9 Å². The summed E-state index contributed by atoms with van der Waals surface area (Å²) in [6, 6.07) is 6.31. The van der Waals surface area contributed by atoms with Crippen molar-refractivity contribution in [2.24, 2.45) is 22.4 Å². The molecule has 1 saturated carbocycles. The van der Waals surface area contributed by atoms with E-state index in [1.807, 2.05) is 0 Å². The summed E-state index contributed by atoms with van der Waals surface area (Å²) >= 11 is 0. The molecule has 0 bridgehead atoms. The first-order valence-corrected chi connectivity index (χ1v) is 5.69. The summed E-state index contributed by atoms with van der Waals surface area (Å²) in [4.78, 5) is 15.2. The summed E-state index contributed by atoms with van der Waals surface area (Å²) < 4.78 is 0. The molecule has 0 aromatic heterocycles. The van der Waals surface area contributed by atoms with Crippen LogP contribution in [0.1, 0.15) is 29.0 Å². The van der Waals surface area contributed by atoms with E-state index in [2.05, 4.69) is 37.0 Å². The van der Waals surface area contributed by atoms with E-state index in [1.54, 1.807) is 0 Å². The summed E-state index contributed by atoms with van der Waals surface area (Å²) in [5.74, 6) is -0.111. The monoisotopic (exact) mass is 231 g/mol. The van der Waals surface area contributed by atoms with Crippen molar-refractivity contribution in [3.05, 3.63) is 34.9 Å². The minimum atomic E-state index is -0.198. The van der Waals surface area contributed by atoms with Gasteiger partial charge in [-0.1, -0.05) is 23.8 Å². The van der Waals surface area contributed by atoms with Crippen LogP contribution in [0.2, 0.25) is 0 Å². The maximum Gasteiger partial charge on any atom is 0.252 e. The SMILES string of the molecule is Cc1ccc(C)c([C@H]2C[C@@H]2C(=O)N=C(N)N)c1. The number of benzene rings is 1. The number of rotatable bonds is 2. The summed E-state index contributed by atoms with van der Waals surface area (Å²) in [6.45, 7) is 4.12. The van der Waals surface area contributed by atoms with Gasteiger partial charge in [0, 0.05) is 5.92 Å². The number of amides is 1. The van der Waals surface area contributed by atoms with Crippen molar-refractivity contribution in [1.29, 1.82) is 0 Å². The van der Waals surface area contributed by atoms with E-state index in [9.17, 15) is 4.79 Å². The van der Waals surface area contributed by atoms with Crippen LogP contribution in [0.3, 0.4) is 0 Å². The maximum absolute atomic E-state index is 11.6. The van der Waals surface area contributed by atoms with Gasteiger partial charge in [0.1, 0.15) is 0 Å². The molecule has 4 N–H and O–H groups in total. The first kappa shape index (κ1) is 11.6. The Morgan fingerprint density at radius 3 is 2.71 bits per heavy atom. The van der Waals surface area contributed by atoms with Crippen LogP contribution in [0.5, 0.6) is 0 Å². The van der Waals surface area contributed by atoms with E-state index in [1.165, 1.54) is 16.7 Å². The van der Waals surface area contributed by atoms with Gasteiger partial charge in [-0.05, 0) is 37.3 Å². The van der Waals surface area contributed by atoms with E-state index >= 15 is 0 Å². The fourth-order valence-electron chi connectivity index (χ4n) is 2.18. The minimum absolute atomic E-state index is 0.0439. The second-order valence-corrected chi connectivity index (χ2v) is 4.68. The lowest BCUT2D eigenvalue weighted by Crippen LogP contribution is -2.24. The van der Waals surface area contributed by atoms with E-state index in [-0.39, 0.29) is 23.7 Å². The van der Waals surface area contributed by atoms with Crippen LogP contribution in [0.15, 0.2) is 23.2 Å². The molecule has 1 aliphatic carbocycles. The topological polar surface area (TPSA) is 81.5 Å². The second-order valence-electron chi connectivity index (χ2n) is 4.68. The molecule has 0 unspecified atom stereocenters. The fourth-order valence-corrected chi connectivity index (χ4v) is 2.18. The highest BCUT2D eigenvalue weighted by molar-refractivity contribution is 5.94. The number of guanidine groups is 1. The maximum atomic E-state index is 11.6. The van der Waals surface area contributed by atoms with Crippen LogP contribution in [0, 0.1) is 19.8 Å². The molecule has 1 fully saturated rings. The molecule has 0 heterocycles. The zero-order valence-corrected chi connectivity index (χ0v) is 10.1. The highest BCUT2D eigenvalue weighted by Crippen LogP contribution is 2.49. The van der Waals surface area contributed by atoms with Gasteiger partial charge in [0.15, 0.2) is 5.96 Å². The van der Waals surface area contributed by atoms with Gasteiger partial charge in [-0.25, -0.2) is 0 Å². The molecule has 1 aromatic carbocycles. The van der Waals surface area contributed by atoms with Gasteiger partial charge >= 0.3 is 0 Å². The van der Waals surface area contributed by atoms with E-state index in [0.717, 1.165) is 6.42 Å². The number of hydrogen-bond donors (Lipinski definition) is 2. The third-order valence-corrected chi connectivity index (χ3v) is 3.18. The molecule has 1 amide bonds. The number of carbonyl (C=O) groups excluding carboxylic acids is 1. The smallest absolute Gasteiger partial charge is 0.252 e. The Kier molecular flexibility index (Phi) is 2.88. The van der Waals surface area contributed by atoms with E-state index in [4.69, 9.17) is 11.5 Å². The largest absolute Gasteiger partial charge is 0.370 e. The molecule has 1 aliphatic rings. The lowest BCUT2D eigenvalue weighted by molar-refractivity contribution is -0.119. The first-order valence-electron chi connectivity index (χ1n) is 5.69. The van der Waals surface area contributed by atoms with Gasteiger partial charge < -0.3 is 11.5 Å². The molecule has 1 aromatic rings. The fraction of sp³-hybridized carbons (Fsp3) is 0.385. The summed E-state index contributed by atoms with van der Waals surface area (Å²) in [5.41, 5.74) is 14.1. The number of hydrogen-bond acceptors (Lipinski definition) is 1. The molecular weight excluding hydrogens is 214 g/mol. The number of aliphatic imine (C=N–C) groups is 1. The highest BCUT2D eigenvalue weighted by Gasteiger charge is 2.44. The number of carbonyl (C=O) groups is 1. The van der Waals surface area contributed by atoms with Gasteiger partial charge in [0.2, 0.25) is 0 Å². The predicted octanol–water partition coefficient (Wildman–Crippen LogP) is 1.21. The van der Waals surface area contributed by atoms with Crippen molar-refractivity contribution in [1.82, 2.24) is 0 Å². The molecule has 2 atom stereocenters.